The van der Waals surface area contributed by atoms with Crippen molar-refractivity contribution in [3.05, 3.63) is 12.3 Å². The van der Waals surface area contributed by atoms with E-state index in [1.165, 1.54) is 0 Å². The second kappa shape index (κ2) is 2.92. The number of rotatable bonds is 2. The van der Waals surface area contributed by atoms with Crippen molar-refractivity contribution >= 4 is 0 Å². The van der Waals surface area contributed by atoms with Gasteiger partial charge in [-0.25, -0.2) is 4.68 Å². The van der Waals surface area contributed by atoms with Gasteiger partial charge in [-0.3, -0.25) is 0 Å². The molecule has 0 N–H and O–H groups in total. The second-order valence-electron chi connectivity index (χ2n) is 1.79. The minimum atomic E-state index is 0.291. The molecule has 0 aliphatic carbocycles. The molecule has 0 aliphatic heterocycles. The fraction of sp³-hybridized carbons (Fsp3) is 0.286. The molecule has 1 heterocycles. The van der Waals surface area contributed by atoms with E-state index >= 15 is 0 Å². The molecule has 3 nitrogen and oxygen atoms in total. The van der Waals surface area contributed by atoms with Gasteiger partial charge in [0.15, 0.2) is 6.61 Å². The highest BCUT2D eigenvalue weighted by Crippen LogP contribution is 2.05. The van der Waals surface area contributed by atoms with Gasteiger partial charge >= 0.3 is 0 Å². The van der Waals surface area contributed by atoms with Crippen LogP contribution in [0.15, 0.2) is 12.3 Å². The first-order valence-corrected chi connectivity index (χ1v) is 2.89. The van der Waals surface area contributed by atoms with Crippen LogP contribution in [0.3, 0.4) is 0 Å². The highest BCUT2D eigenvalue weighted by Gasteiger charge is 1.94. The third-order valence-electron chi connectivity index (χ3n) is 1.08. The van der Waals surface area contributed by atoms with Crippen LogP contribution in [-0.4, -0.2) is 16.4 Å². The van der Waals surface area contributed by atoms with E-state index in [2.05, 4.69) is 11.0 Å². The van der Waals surface area contributed by atoms with Gasteiger partial charge in [0.25, 0.3) is 0 Å². The first-order chi connectivity index (χ1) is 4.84. The molecule has 0 bridgehead atoms. The van der Waals surface area contributed by atoms with E-state index in [0.29, 0.717) is 12.5 Å². The summed E-state index contributed by atoms with van der Waals surface area (Å²) in [5, 5.41) is 3.89. The van der Waals surface area contributed by atoms with Gasteiger partial charge < -0.3 is 4.74 Å². The summed E-state index contributed by atoms with van der Waals surface area (Å²) in [4.78, 5) is 0. The van der Waals surface area contributed by atoms with Crippen molar-refractivity contribution in [2.24, 2.45) is 7.05 Å². The van der Waals surface area contributed by atoms with E-state index in [1.54, 1.807) is 24.0 Å². The Morgan fingerprint density at radius 1 is 1.90 bits per heavy atom. The molecule has 1 aromatic rings. The standard InChI is InChI=1S/C7H8N2O/c1-3-6-10-7-4-5-8-9(7)2/h1,4-5H,6H2,2H3. The maximum Gasteiger partial charge on any atom is 0.212 e. The van der Waals surface area contributed by atoms with Crippen LogP contribution in [0, 0.1) is 12.3 Å². The molecule has 0 saturated carbocycles. The molecule has 0 atom stereocenters. The Morgan fingerprint density at radius 3 is 3.20 bits per heavy atom. The van der Waals surface area contributed by atoms with Gasteiger partial charge in [-0.15, -0.1) is 6.42 Å². The minimum Gasteiger partial charge on any atom is -0.465 e. The lowest BCUT2D eigenvalue weighted by Gasteiger charge is -1.99. The highest BCUT2D eigenvalue weighted by atomic mass is 16.5. The number of aryl methyl sites for hydroxylation is 1. The quantitative estimate of drug-likeness (QED) is 0.551. The topological polar surface area (TPSA) is 27.1 Å². The van der Waals surface area contributed by atoms with E-state index in [-0.39, 0.29) is 0 Å². The Morgan fingerprint density at radius 2 is 2.70 bits per heavy atom. The van der Waals surface area contributed by atoms with Crippen molar-refractivity contribution in [3.8, 4) is 18.2 Å². The minimum absolute atomic E-state index is 0.291. The van der Waals surface area contributed by atoms with Crippen molar-refractivity contribution in [2.75, 3.05) is 6.61 Å². The smallest absolute Gasteiger partial charge is 0.212 e. The number of nitrogens with zero attached hydrogens (tertiary/aromatic N) is 2. The zero-order chi connectivity index (χ0) is 7.40. The summed E-state index contributed by atoms with van der Waals surface area (Å²) in [5.41, 5.74) is 0. The summed E-state index contributed by atoms with van der Waals surface area (Å²) < 4.78 is 6.71. The normalized spacial score (nSPS) is 8.80. The van der Waals surface area contributed by atoms with Crippen LogP contribution in [0.5, 0.6) is 5.88 Å². The van der Waals surface area contributed by atoms with Gasteiger partial charge in [0.2, 0.25) is 5.88 Å². The summed E-state index contributed by atoms with van der Waals surface area (Å²) in [5.74, 6) is 3.06. The van der Waals surface area contributed by atoms with Crippen LogP contribution in [0.25, 0.3) is 0 Å². The third kappa shape index (κ3) is 1.29. The molecular weight excluding hydrogens is 128 g/mol. The lowest BCUT2D eigenvalue weighted by Crippen LogP contribution is -1.99. The number of hydrogen-bond donors (Lipinski definition) is 0. The second-order valence-corrected chi connectivity index (χ2v) is 1.79. The van der Waals surface area contributed by atoms with Gasteiger partial charge in [0, 0.05) is 13.1 Å². The maximum absolute atomic E-state index is 5.09. The fourth-order valence-corrected chi connectivity index (χ4v) is 0.619. The molecule has 0 amide bonds. The number of ether oxygens (including phenoxy) is 1. The highest BCUT2D eigenvalue weighted by molar-refractivity contribution is 5.07. The SMILES string of the molecule is C#CCOc1ccnn1C. The van der Waals surface area contributed by atoms with Gasteiger partial charge in [-0.2, -0.15) is 5.10 Å². The molecule has 0 fully saturated rings. The molecule has 0 spiro atoms. The molecule has 10 heavy (non-hydrogen) atoms. The largest absolute Gasteiger partial charge is 0.465 e. The van der Waals surface area contributed by atoms with Crippen molar-refractivity contribution in [3.63, 3.8) is 0 Å². The van der Waals surface area contributed by atoms with E-state index in [9.17, 15) is 0 Å². The monoisotopic (exact) mass is 136 g/mol. The molecule has 0 unspecified atom stereocenters. The first kappa shape index (κ1) is 6.69. The van der Waals surface area contributed by atoms with Crippen LogP contribution in [0.1, 0.15) is 0 Å². The summed E-state index contributed by atoms with van der Waals surface area (Å²) in [7, 11) is 1.80. The van der Waals surface area contributed by atoms with Gasteiger partial charge in [0.1, 0.15) is 0 Å². The molecule has 3 heteroatoms. The average Bonchev–Trinajstić information content (AvgIpc) is 2.31. The predicted octanol–water partition coefficient (Wildman–Crippen LogP) is 0.432. The predicted molar refractivity (Wildman–Crippen MR) is 37.5 cm³/mol. The van der Waals surface area contributed by atoms with E-state index in [0.717, 1.165) is 0 Å². The molecule has 0 radical (unpaired) electrons. The zero-order valence-corrected chi connectivity index (χ0v) is 5.74. The number of terminal acetylenes is 1. The molecule has 0 saturated heterocycles. The van der Waals surface area contributed by atoms with Crippen molar-refractivity contribution < 1.29 is 4.74 Å². The summed E-state index contributed by atoms with van der Waals surface area (Å²) in [6, 6.07) is 1.76. The Labute approximate surface area is 59.6 Å². The lowest BCUT2D eigenvalue weighted by atomic mass is 10.7. The molecular formula is C7H8N2O. The van der Waals surface area contributed by atoms with Gasteiger partial charge in [-0.05, 0) is 0 Å². The van der Waals surface area contributed by atoms with E-state index in [4.69, 9.17) is 11.2 Å². The van der Waals surface area contributed by atoms with Crippen molar-refractivity contribution in [1.29, 1.82) is 0 Å². The van der Waals surface area contributed by atoms with Gasteiger partial charge in [-0.1, -0.05) is 5.92 Å². The van der Waals surface area contributed by atoms with Crippen LogP contribution in [-0.2, 0) is 7.05 Å². The summed E-state index contributed by atoms with van der Waals surface area (Å²) in [6.07, 6.45) is 6.65. The van der Waals surface area contributed by atoms with Crippen LogP contribution >= 0.6 is 0 Å². The van der Waals surface area contributed by atoms with Crippen molar-refractivity contribution in [2.45, 2.75) is 0 Å². The first-order valence-electron chi connectivity index (χ1n) is 2.89. The van der Waals surface area contributed by atoms with Crippen LogP contribution in [0.4, 0.5) is 0 Å². The fourth-order valence-electron chi connectivity index (χ4n) is 0.619. The number of aromatic nitrogens is 2. The Bertz CT molecular complexity index is 246. The average molecular weight is 136 g/mol. The molecule has 52 valence electrons. The number of hydrogen-bond acceptors (Lipinski definition) is 2. The molecule has 1 aromatic heterocycles. The molecule has 0 aromatic carbocycles. The van der Waals surface area contributed by atoms with Gasteiger partial charge in [0.05, 0.1) is 6.20 Å². The van der Waals surface area contributed by atoms with Crippen molar-refractivity contribution in [1.82, 2.24) is 9.78 Å². The summed E-state index contributed by atoms with van der Waals surface area (Å²) >= 11 is 0. The van der Waals surface area contributed by atoms with Crippen LogP contribution in [0.2, 0.25) is 0 Å². The maximum atomic E-state index is 5.09. The Hall–Kier alpha value is -1.43. The molecule has 1 rings (SSSR count). The Kier molecular flexibility index (Phi) is 1.96. The van der Waals surface area contributed by atoms with Crippen LogP contribution < -0.4 is 4.74 Å². The summed E-state index contributed by atoms with van der Waals surface area (Å²) in [6.45, 7) is 0.291. The Balaban J connectivity index is 2.59. The van der Waals surface area contributed by atoms with E-state index in [1.807, 2.05) is 0 Å². The molecule has 0 aliphatic rings. The zero-order valence-electron chi connectivity index (χ0n) is 5.74. The third-order valence-corrected chi connectivity index (χ3v) is 1.08. The lowest BCUT2D eigenvalue weighted by molar-refractivity contribution is 0.335. The van der Waals surface area contributed by atoms with E-state index < -0.39 is 0 Å².